The largest absolute Gasteiger partial charge is 0.350 e. The minimum Gasteiger partial charge on any atom is -0.350 e. The molecule has 29 heavy (non-hydrogen) atoms. The van der Waals surface area contributed by atoms with Gasteiger partial charge in [-0.05, 0) is 46.0 Å². The summed E-state index contributed by atoms with van der Waals surface area (Å²) in [6.07, 6.45) is 0. The van der Waals surface area contributed by atoms with E-state index in [1.807, 2.05) is 20.8 Å². The standard InChI is InChI=1S/C19H29FN4O4S/c1-19(2,3)21-17(25)13-22(4)14-18(26)23-8-10-24(11-9-23)29(27,28)16-7-5-6-15(20)12-16/h5-7,12H,8-11,13-14H2,1-4H3,(H,21,25). The number of amides is 2. The van der Waals surface area contributed by atoms with E-state index in [0.29, 0.717) is 0 Å². The first-order valence-electron chi connectivity index (χ1n) is 9.41. The summed E-state index contributed by atoms with van der Waals surface area (Å²) >= 11 is 0. The van der Waals surface area contributed by atoms with Gasteiger partial charge in [0, 0.05) is 31.7 Å². The molecule has 1 heterocycles. The van der Waals surface area contributed by atoms with E-state index in [0.717, 1.165) is 6.07 Å². The summed E-state index contributed by atoms with van der Waals surface area (Å²) in [6, 6.07) is 4.89. The summed E-state index contributed by atoms with van der Waals surface area (Å²) in [4.78, 5) is 27.6. The Morgan fingerprint density at radius 2 is 1.76 bits per heavy atom. The van der Waals surface area contributed by atoms with Crippen molar-refractivity contribution in [3.05, 3.63) is 30.1 Å². The van der Waals surface area contributed by atoms with Crippen molar-refractivity contribution in [2.24, 2.45) is 0 Å². The first-order valence-corrected chi connectivity index (χ1v) is 10.9. The summed E-state index contributed by atoms with van der Waals surface area (Å²) in [5.41, 5.74) is -0.342. The SMILES string of the molecule is CN(CC(=O)NC(C)(C)C)CC(=O)N1CCN(S(=O)(=O)c2cccc(F)c2)CC1. The summed E-state index contributed by atoms with van der Waals surface area (Å²) in [6.45, 7) is 6.57. The highest BCUT2D eigenvalue weighted by molar-refractivity contribution is 7.89. The normalized spacial score (nSPS) is 16.1. The van der Waals surface area contributed by atoms with Crippen molar-refractivity contribution in [2.75, 3.05) is 46.3 Å². The lowest BCUT2D eigenvalue weighted by molar-refractivity contribution is -0.133. The second-order valence-electron chi connectivity index (χ2n) is 8.21. The Kier molecular flexibility index (Phi) is 7.36. The molecule has 1 aromatic carbocycles. The topological polar surface area (TPSA) is 90.0 Å². The lowest BCUT2D eigenvalue weighted by atomic mass is 10.1. The van der Waals surface area contributed by atoms with Gasteiger partial charge in [0.2, 0.25) is 21.8 Å². The van der Waals surface area contributed by atoms with Crippen LogP contribution in [0.15, 0.2) is 29.2 Å². The van der Waals surface area contributed by atoms with Gasteiger partial charge in [0.25, 0.3) is 0 Å². The molecule has 0 saturated carbocycles. The van der Waals surface area contributed by atoms with Gasteiger partial charge in [-0.1, -0.05) is 6.07 Å². The number of hydrogen-bond donors (Lipinski definition) is 1. The Morgan fingerprint density at radius 1 is 1.14 bits per heavy atom. The zero-order chi connectivity index (χ0) is 21.8. The number of benzene rings is 1. The summed E-state index contributed by atoms with van der Waals surface area (Å²) < 4.78 is 39.9. The molecule has 2 rings (SSSR count). The van der Waals surface area contributed by atoms with Crippen LogP contribution in [0.4, 0.5) is 4.39 Å². The minimum absolute atomic E-state index is 0.0637. The maximum absolute atomic E-state index is 13.4. The van der Waals surface area contributed by atoms with Crippen molar-refractivity contribution in [1.82, 2.24) is 19.4 Å². The highest BCUT2D eigenvalue weighted by atomic mass is 32.2. The fourth-order valence-corrected chi connectivity index (χ4v) is 4.50. The highest BCUT2D eigenvalue weighted by Gasteiger charge is 2.30. The Hall–Kier alpha value is -2.04. The van der Waals surface area contributed by atoms with Gasteiger partial charge in [0.15, 0.2) is 0 Å². The number of sulfonamides is 1. The third-order valence-corrected chi connectivity index (χ3v) is 6.25. The molecule has 1 N–H and O–H groups in total. The lowest BCUT2D eigenvalue weighted by Crippen LogP contribution is -2.53. The monoisotopic (exact) mass is 428 g/mol. The van der Waals surface area contributed by atoms with Gasteiger partial charge >= 0.3 is 0 Å². The Labute approximate surface area is 171 Å². The third-order valence-electron chi connectivity index (χ3n) is 4.36. The second-order valence-corrected chi connectivity index (χ2v) is 10.2. The van der Waals surface area contributed by atoms with Crippen LogP contribution in [0.25, 0.3) is 0 Å². The number of carbonyl (C=O) groups excluding carboxylic acids is 2. The maximum atomic E-state index is 13.4. The smallest absolute Gasteiger partial charge is 0.243 e. The molecular weight excluding hydrogens is 399 g/mol. The molecule has 1 aliphatic rings. The minimum atomic E-state index is -3.80. The molecule has 0 radical (unpaired) electrons. The van der Waals surface area contributed by atoms with Crippen LogP contribution in [0.2, 0.25) is 0 Å². The molecule has 0 unspecified atom stereocenters. The first-order chi connectivity index (χ1) is 13.4. The van der Waals surface area contributed by atoms with Crippen molar-refractivity contribution in [3.8, 4) is 0 Å². The molecule has 162 valence electrons. The fraction of sp³-hybridized carbons (Fsp3) is 0.579. The fourth-order valence-electron chi connectivity index (χ4n) is 3.04. The van der Waals surface area contributed by atoms with E-state index in [1.165, 1.54) is 22.5 Å². The molecule has 0 bridgehead atoms. The van der Waals surface area contributed by atoms with Gasteiger partial charge in [-0.2, -0.15) is 4.31 Å². The summed E-state index contributed by atoms with van der Waals surface area (Å²) in [5.74, 6) is -0.948. The molecule has 8 nitrogen and oxygen atoms in total. The molecule has 10 heteroatoms. The molecule has 1 aromatic rings. The lowest BCUT2D eigenvalue weighted by Gasteiger charge is -2.34. The Morgan fingerprint density at radius 3 is 2.31 bits per heavy atom. The van der Waals surface area contributed by atoms with Crippen LogP contribution >= 0.6 is 0 Å². The van der Waals surface area contributed by atoms with Crippen molar-refractivity contribution >= 4 is 21.8 Å². The number of rotatable bonds is 6. The van der Waals surface area contributed by atoms with Gasteiger partial charge in [-0.3, -0.25) is 14.5 Å². The highest BCUT2D eigenvalue weighted by Crippen LogP contribution is 2.18. The van der Waals surface area contributed by atoms with E-state index >= 15 is 0 Å². The van der Waals surface area contributed by atoms with E-state index in [2.05, 4.69) is 5.32 Å². The zero-order valence-electron chi connectivity index (χ0n) is 17.3. The van der Waals surface area contributed by atoms with Crippen molar-refractivity contribution < 1.29 is 22.4 Å². The molecule has 0 spiro atoms. The Balaban J connectivity index is 1.87. The molecular formula is C19H29FN4O4S. The van der Waals surface area contributed by atoms with Crippen molar-refractivity contribution in [3.63, 3.8) is 0 Å². The first kappa shape index (κ1) is 23.2. The maximum Gasteiger partial charge on any atom is 0.243 e. The van der Waals surface area contributed by atoms with Crippen LogP contribution in [0, 0.1) is 5.82 Å². The molecule has 1 saturated heterocycles. The second kappa shape index (κ2) is 9.19. The Bertz CT molecular complexity index is 846. The van der Waals surface area contributed by atoms with E-state index in [4.69, 9.17) is 0 Å². The van der Waals surface area contributed by atoms with Gasteiger partial charge in [-0.25, -0.2) is 12.8 Å². The van der Waals surface area contributed by atoms with Gasteiger partial charge < -0.3 is 10.2 Å². The van der Waals surface area contributed by atoms with Gasteiger partial charge in [0.05, 0.1) is 18.0 Å². The molecule has 2 amide bonds. The number of nitrogens with one attached hydrogen (secondary N) is 1. The number of likely N-dealkylation sites (N-methyl/N-ethyl adjacent to an activating group) is 1. The average Bonchev–Trinajstić information content (AvgIpc) is 2.60. The van der Waals surface area contributed by atoms with Crippen LogP contribution in [0.3, 0.4) is 0 Å². The number of halogens is 1. The van der Waals surface area contributed by atoms with Crippen LogP contribution in [0.5, 0.6) is 0 Å². The molecule has 0 aromatic heterocycles. The van der Waals surface area contributed by atoms with Crippen LogP contribution in [-0.4, -0.2) is 86.2 Å². The number of carbonyl (C=O) groups is 2. The predicted molar refractivity (Wildman–Crippen MR) is 107 cm³/mol. The van der Waals surface area contributed by atoms with E-state index < -0.39 is 15.8 Å². The number of nitrogens with zero attached hydrogens (tertiary/aromatic N) is 3. The van der Waals surface area contributed by atoms with Crippen LogP contribution in [-0.2, 0) is 19.6 Å². The van der Waals surface area contributed by atoms with E-state index in [1.54, 1.807) is 16.8 Å². The molecule has 1 fully saturated rings. The van der Waals surface area contributed by atoms with E-state index in [9.17, 15) is 22.4 Å². The number of piperazine rings is 1. The number of hydrogen-bond acceptors (Lipinski definition) is 5. The van der Waals surface area contributed by atoms with Crippen LogP contribution in [0.1, 0.15) is 20.8 Å². The summed E-state index contributed by atoms with van der Waals surface area (Å²) in [7, 11) is -2.11. The van der Waals surface area contributed by atoms with Gasteiger partial charge in [-0.15, -0.1) is 0 Å². The molecule has 1 aliphatic heterocycles. The van der Waals surface area contributed by atoms with E-state index in [-0.39, 0.29) is 61.5 Å². The van der Waals surface area contributed by atoms with Crippen LogP contribution < -0.4 is 5.32 Å². The zero-order valence-corrected chi connectivity index (χ0v) is 18.1. The van der Waals surface area contributed by atoms with Gasteiger partial charge in [0.1, 0.15) is 5.82 Å². The molecule has 0 atom stereocenters. The molecule has 0 aliphatic carbocycles. The summed E-state index contributed by atoms with van der Waals surface area (Å²) in [5, 5.41) is 2.84. The third kappa shape index (κ3) is 6.76. The van der Waals surface area contributed by atoms with Crippen molar-refractivity contribution in [1.29, 1.82) is 0 Å². The van der Waals surface area contributed by atoms with Crippen molar-refractivity contribution in [2.45, 2.75) is 31.2 Å². The quantitative estimate of drug-likeness (QED) is 0.713. The predicted octanol–water partition coefficient (Wildman–Crippen LogP) is 0.505. The average molecular weight is 429 g/mol.